The van der Waals surface area contributed by atoms with E-state index in [0.717, 1.165) is 24.1 Å². The molecule has 1 aromatic carbocycles. The van der Waals surface area contributed by atoms with Crippen LogP contribution in [0.4, 0.5) is 0 Å². The number of fused-ring (bicyclic) bond motifs is 1. The van der Waals surface area contributed by atoms with Gasteiger partial charge in [0.25, 0.3) is 5.91 Å². The number of carbonyl (C=O) groups is 1. The molecule has 0 bridgehead atoms. The number of benzene rings is 1. The summed E-state index contributed by atoms with van der Waals surface area (Å²) in [6, 6.07) is 5.72. The summed E-state index contributed by atoms with van der Waals surface area (Å²) in [5, 5.41) is 4.28. The summed E-state index contributed by atoms with van der Waals surface area (Å²) in [5.74, 6) is 1.09. The number of hydrogen-bond acceptors (Lipinski definition) is 2. The fourth-order valence-corrected chi connectivity index (χ4v) is 2.73. The molecule has 0 aromatic heterocycles. The molecule has 2 aliphatic rings. The molecule has 1 fully saturated rings. The monoisotopic (exact) mass is 254 g/mol. The number of carbonyl (C=O) groups excluding carboxylic acids is 1. The van der Waals surface area contributed by atoms with Gasteiger partial charge in [-0.3, -0.25) is 4.79 Å². The lowest BCUT2D eigenvalue weighted by Gasteiger charge is -2.31. The van der Waals surface area contributed by atoms with Gasteiger partial charge in [-0.25, -0.2) is 5.43 Å². The minimum Gasteiger partial charge on any atom is -0.267 e. The first-order valence-electron chi connectivity index (χ1n) is 6.76. The Hall–Kier alpha value is -1.90. The van der Waals surface area contributed by atoms with E-state index in [4.69, 9.17) is 0 Å². The largest absolute Gasteiger partial charge is 0.271 e. The smallest absolute Gasteiger partial charge is 0.267 e. The summed E-state index contributed by atoms with van der Waals surface area (Å²) in [6.45, 7) is 4.05. The molecule has 0 radical (unpaired) electrons. The second-order valence-electron chi connectivity index (χ2n) is 5.48. The van der Waals surface area contributed by atoms with E-state index >= 15 is 0 Å². The quantitative estimate of drug-likeness (QED) is 0.639. The Morgan fingerprint density at radius 1 is 1.32 bits per heavy atom. The van der Waals surface area contributed by atoms with Gasteiger partial charge < -0.3 is 0 Å². The standard InChI is InChI=1S/C16H18N2O/c1-10-6-7-13(8-11(10)2)16(19)18-17-15-9-12-4-3-5-14(12)15/h3-4,6-8,12,14H,5,9H2,1-2H3,(H,18,19)/b17-15+/t12-,14+/m0/s1. The van der Waals surface area contributed by atoms with Crippen molar-refractivity contribution in [3.63, 3.8) is 0 Å². The maximum atomic E-state index is 12.0. The van der Waals surface area contributed by atoms with Crippen molar-refractivity contribution in [2.75, 3.05) is 0 Å². The van der Waals surface area contributed by atoms with Crippen molar-refractivity contribution in [1.29, 1.82) is 0 Å². The third-order valence-electron chi connectivity index (χ3n) is 4.23. The first-order valence-corrected chi connectivity index (χ1v) is 6.76. The fourth-order valence-electron chi connectivity index (χ4n) is 2.73. The number of hydrogen-bond donors (Lipinski definition) is 1. The third kappa shape index (κ3) is 2.21. The molecule has 0 spiro atoms. The zero-order valence-electron chi connectivity index (χ0n) is 11.3. The van der Waals surface area contributed by atoms with E-state index in [1.807, 2.05) is 32.0 Å². The van der Waals surface area contributed by atoms with Crippen molar-refractivity contribution in [2.24, 2.45) is 16.9 Å². The van der Waals surface area contributed by atoms with Crippen LogP contribution in [0, 0.1) is 25.7 Å². The zero-order chi connectivity index (χ0) is 13.4. The summed E-state index contributed by atoms with van der Waals surface area (Å²) in [4.78, 5) is 12.0. The van der Waals surface area contributed by atoms with Gasteiger partial charge in [0.05, 0.1) is 0 Å². The molecule has 0 unspecified atom stereocenters. The van der Waals surface area contributed by atoms with Gasteiger partial charge >= 0.3 is 0 Å². The summed E-state index contributed by atoms with van der Waals surface area (Å²) in [5.41, 5.74) is 6.81. The van der Waals surface area contributed by atoms with Gasteiger partial charge in [0.15, 0.2) is 0 Å². The van der Waals surface area contributed by atoms with E-state index < -0.39 is 0 Å². The Kier molecular flexibility index (Phi) is 2.97. The molecule has 3 rings (SSSR count). The molecule has 0 saturated heterocycles. The molecule has 3 heteroatoms. The Balaban J connectivity index is 1.65. The maximum Gasteiger partial charge on any atom is 0.271 e. The van der Waals surface area contributed by atoms with E-state index in [0.29, 0.717) is 17.4 Å². The van der Waals surface area contributed by atoms with Crippen LogP contribution >= 0.6 is 0 Å². The van der Waals surface area contributed by atoms with Crippen molar-refractivity contribution in [2.45, 2.75) is 26.7 Å². The first kappa shape index (κ1) is 12.2. The molecule has 1 amide bonds. The van der Waals surface area contributed by atoms with Gasteiger partial charge in [-0.05, 0) is 55.9 Å². The fraction of sp³-hybridized carbons (Fsp3) is 0.375. The summed E-state index contributed by atoms with van der Waals surface area (Å²) < 4.78 is 0. The lowest BCUT2D eigenvalue weighted by Crippen LogP contribution is -2.35. The Bertz CT molecular complexity index is 586. The predicted octanol–water partition coefficient (Wildman–Crippen LogP) is 2.99. The highest BCUT2D eigenvalue weighted by Crippen LogP contribution is 2.40. The zero-order valence-corrected chi connectivity index (χ0v) is 11.3. The molecule has 98 valence electrons. The minimum atomic E-state index is -0.120. The molecule has 3 nitrogen and oxygen atoms in total. The van der Waals surface area contributed by atoms with E-state index in [2.05, 4.69) is 22.7 Å². The van der Waals surface area contributed by atoms with Gasteiger partial charge in [-0.1, -0.05) is 18.2 Å². The number of nitrogens with one attached hydrogen (secondary N) is 1. The second kappa shape index (κ2) is 4.65. The first-order chi connectivity index (χ1) is 9.15. The Labute approximate surface area is 113 Å². The van der Waals surface area contributed by atoms with Gasteiger partial charge in [0.1, 0.15) is 0 Å². The number of nitrogens with zero attached hydrogens (tertiary/aromatic N) is 1. The van der Waals surface area contributed by atoms with E-state index in [1.54, 1.807) is 0 Å². The van der Waals surface area contributed by atoms with Gasteiger partial charge in [-0.15, -0.1) is 0 Å². The molecule has 1 N–H and O–H groups in total. The molecule has 19 heavy (non-hydrogen) atoms. The van der Waals surface area contributed by atoms with Crippen molar-refractivity contribution in [1.82, 2.24) is 5.43 Å². The summed E-state index contributed by atoms with van der Waals surface area (Å²) in [6.07, 6.45) is 6.54. The minimum absolute atomic E-state index is 0.120. The van der Waals surface area contributed by atoms with E-state index in [9.17, 15) is 4.79 Å². The number of hydrazone groups is 1. The predicted molar refractivity (Wildman–Crippen MR) is 76.2 cm³/mol. The van der Waals surface area contributed by atoms with Crippen LogP contribution in [-0.4, -0.2) is 11.6 Å². The van der Waals surface area contributed by atoms with Crippen LogP contribution in [0.15, 0.2) is 35.5 Å². The number of rotatable bonds is 2. The lowest BCUT2D eigenvalue weighted by molar-refractivity contribution is 0.0954. The molecule has 0 heterocycles. The highest BCUT2D eigenvalue weighted by molar-refractivity contribution is 5.98. The highest BCUT2D eigenvalue weighted by Gasteiger charge is 2.37. The SMILES string of the molecule is Cc1ccc(C(=O)N/N=C2\C[C@@H]3C=CC[C@@H]23)cc1C. The Morgan fingerprint density at radius 3 is 2.89 bits per heavy atom. The summed E-state index contributed by atoms with van der Waals surface area (Å²) in [7, 11) is 0. The number of amides is 1. The molecule has 1 saturated carbocycles. The average Bonchev–Trinajstić information content (AvgIpc) is 2.74. The van der Waals surface area contributed by atoms with Crippen LogP contribution in [-0.2, 0) is 0 Å². The number of allylic oxidation sites excluding steroid dienone is 2. The van der Waals surface area contributed by atoms with Gasteiger partial charge in [-0.2, -0.15) is 5.10 Å². The molecule has 2 aliphatic carbocycles. The van der Waals surface area contributed by atoms with Crippen molar-refractivity contribution in [3.05, 3.63) is 47.0 Å². The van der Waals surface area contributed by atoms with E-state index in [-0.39, 0.29) is 5.91 Å². The van der Waals surface area contributed by atoms with Crippen molar-refractivity contribution in [3.8, 4) is 0 Å². The van der Waals surface area contributed by atoms with Crippen LogP contribution in [0.2, 0.25) is 0 Å². The normalized spacial score (nSPS) is 26.1. The maximum absolute atomic E-state index is 12.0. The average molecular weight is 254 g/mol. The van der Waals surface area contributed by atoms with Crippen LogP contribution < -0.4 is 5.43 Å². The van der Waals surface area contributed by atoms with Gasteiger partial charge in [0.2, 0.25) is 0 Å². The van der Waals surface area contributed by atoms with Crippen LogP contribution in [0.1, 0.15) is 34.3 Å². The number of aryl methyl sites for hydroxylation is 2. The topological polar surface area (TPSA) is 41.5 Å². The van der Waals surface area contributed by atoms with Gasteiger partial charge in [0, 0.05) is 17.2 Å². The highest BCUT2D eigenvalue weighted by atomic mass is 16.2. The van der Waals surface area contributed by atoms with Crippen LogP contribution in [0.3, 0.4) is 0 Å². The summed E-state index contributed by atoms with van der Waals surface area (Å²) >= 11 is 0. The van der Waals surface area contributed by atoms with Crippen molar-refractivity contribution >= 4 is 11.6 Å². The Morgan fingerprint density at radius 2 is 2.16 bits per heavy atom. The van der Waals surface area contributed by atoms with Crippen LogP contribution in [0.25, 0.3) is 0 Å². The molecular formula is C16H18N2O. The molecule has 0 aliphatic heterocycles. The molecule has 2 atom stereocenters. The van der Waals surface area contributed by atoms with Crippen molar-refractivity contribution < 1.29 is 4.79 Å². The van der Waals surface area contributed by atoms with Crippen LogP contribution in [0.5, 0.6) is 0 Å². The second-order valence-corrected chi connectivity index (χ2v) is 5.48. The molecular weight excluding hydrogens is 236 g/mol. The van der Waals surface area contributed by atoms with E-state index in [1.165, 1.54) is 5.56 Å². The lowest BCUT2D eigenvalue weighted by atomic mass is 9.74. The third-order valence-corrected chi connectivity index (χ3v) is 4.23. The molecule has 1 aromatic rings.